The van der Waals surface area contributed by atoms with Crippen molar-refractivity contribution in [3.05, 3.63) is 79.0 Å². The van der Waals surface area contributed by atoms with Crippen LogP contribution < -0.4 is 10.9 Å². The first-order valence-electron chi connectivity index (χ1n) is 7.93. The lowest BCUT2D eigenvalue weighted by molar-refractivity contribution is 1.46. The molecule has 0 amide bonds. The molecule has 0 saturated heterocycles. The third kappa shape index (κ3) is 1.97. The van der Waals surface area contributed by atoms with Crippen molar-refractivity contribution in [2.75, 3.05) is 0 Å². The van der Waals surface area contributed by atoms with Crippen LogP contribution in [0, 0.1) is 0 Å². The highest BCUT2D eigenvalue weighted by atomic mass is 35.5. The standard InChI is InChI=1S/C20H10Cl2N2O2/c21-11-5-3-7-13-15(11)20(26)16-14(23-13)8-10-18(17(16)22)24-12-6-2-1-4-9(12)19(10)25/h1-8H,(H,23,26)(H,24,25). The van der Waals surface area contributed by atoms with E-state index in [1.165, 1.54) is 0 Å². The number of hydrogen-bond donors (Lipinski definition) is 2. The molecule has 0 bridgehead atoms. The Morgan fingerprint density at radius 2 is 1.46 bits per heavy atom. The van der Waals surface area contributed by atoms with Crippen LogP contribution in [0.4, 0.5) is 0 Å². The van der Waals surface area contributed by atoms with E-state index in [0.29, 0.717) is 48.6 Å². The number of nitrogens with one attached hydrogen (secondary N) is 2. The predicted octanol–water partition coefficient (Wildman–Crippen LogP) is 4.98. The zero-order chi connectivity index (χ0) is 18.0. The van der Waals surface area contributed by atoms with Crippen molar-refractivity contribution in [3.63, 3.8) is 0 Å². The molecular weight excluding hydrogens is 371 g/mol. The van der Waals surface area contributed by atoms with Crippen LogP contribution in [0.25, 0.3) is 43.6 Å². The van der Waals surface area contributed by atoms with Gasteiger partial charge in [-0.15, -0.1) is 0 Å². The number of H-pyrrole nitrogens is 2. The molecule has 2 N–H and O–H groups in total. The van der Waals surface area contributed by atoms with Gasteiger partial charge in [0, 0.05) is 16.3 Å². The summed E-state index contributed by atoms with van der Waals surface area (Å²) in [7, 11) is 0. The number of rotatable bonds is 0. The average Bonchev–Trinajstić information content (AvgIpc) is 2.63. The second kappa shape index (κ2) is 5.34. The maximum absolute atomic E-state index is 13.0. The Morgan fingerprint density at radius 3 is 2.31 bits per heavy atom. The van der Waals surface area contributed by atoms with Gasteiger partial charge in [-0.05, 0) is 30.3 Å². The van der Waals surface area contributed by atoms with Crippen molar-refractivity contribution < 1.29 is 0 Å². The van der Waals surface area contributed by atoms with Gasteiger partial charge in [0.25, 0.3) is 0 Å². The third-order valence-electron chi connectivity index (χ3n) is 4.68. The highest BCUT2D eigenvalue weighted by molar-refractivity contribution is 6.41. The molecule has 2 heterocycles. The first kappa shape index (κ1) is 15.4. The van der Waals surface area contributed by atoms with Gasteiger partial charge in [-0.25, -0.2) is 0 Å². The Morgan fingerprint density at radius 1 is 0.692 bits per heavy atom. The summed E-state index contributed by atoms with van der Waals surface area (Å²) in [5, 5.41) is 2.26. The second-order valence-corrected chi connectivity index (χ2v) is 6.94. The number of benzene rings is 3. The Balaban J connectivity index is 2.10. The monoisotopic (exact) mass is 380 g/mol. The lowest BCUT2D eigenvalue weighted by Crippen LogP contribution is -2.09. The Labute approximate surface area is 156 Å². The number of fused-ring (bicyclic) bond motifs is 4. The smallest absolute Gasteiger partial charge is 0.200 e. The fraction of sp³-hybridized carbons (Fsp3) is 0. The van der Waals surface area contributed by atoms with Crippen LogP contribution in [0.15, 0.2) is 58.1 Å². The topological polar surface area (TPSA) is 65.7 Å². The molecule has 5 rings (SSSR count). The van der Waals surface area contributed by atoms with Crippen molar-refractivity contribution in [3.8, 4) is 0 Å². The fourth-order valence-corrected chi connectivity index (χ4v) is 4.07. The van der Waals surface area contributed by atoms with Crippen molar-refractivity contribution in [2.24, 2.45) is 0 Å². The summed E-state index contributed by atoms with van der Waals surface area (Å²) < 4.78 is 0. The summed E-state index contributed by atoms with van der Waals surface area (Å²) in [6, 6.07) is 14.1. The van der Waals surface area contributed by atoms with E-state index in [4.69, 9.17) is 23.2 Å². The minimum atomic E-state index is -0.264. The maximum atomic E-state index is 13.0. The van der Waals surface area contributed by atoms with Gasteiger partial charge in [0.15, 0.2) is 10.9 Å². The number of aromatic amines is 2. The number of aromatic nitrogens is 2. The van der Waals surface area contributed by atoms with Gasteiger partial charge in [0.1, 0.15) is 0 Å². The molecule has 5 aromatic rings. The van der Waals surface area contributed by atoms with E-state index in [1.54, 1.807) is 36.4 Å². The first-order valence-corrected chi connectivity index (χ1v) is 8.69. The quantitative estimate of drug-likeness (QED) is 0.372. The molecule has 0 aliphatic rings. The Hall–Kier alpha value is -2.82. The van der Waals surface area contributed by atoms with Gasteiger partial charge in [0.05, 0.1) is 37.4 Å². The van der Waals surface area contributed by atoms with Crippen LogP contribution >= 0.6 is 23.2 Å². The van der Waals surface area contributed by atoms with Crippen LogP contribution in [-0.2, 0) is 0 Å². The maximum Gasteiger partial charge on any atom is 0.200 e. The van der Waals surface area contributed by atoms with Crippen LogP contribution in [0.3, 0.4) is 0 Å². The summed E-state index contributed by atoms with van der Waals surface area (Å²) in [6.45, 7) is 0. The van der Waals surface area contributed by atoms with Crippen molar-refractivity contribution in [2.45, 2.75) is 0 Å². The summed E-state index contributed by atoms with van der Waals surface area (Å²) >= 11 is 12.8. The predicted molar refractivity (Wildman–Crippen MR) is 108 cm³/mol. The van der Waals surface area contributed by atoms with E-state index in [1.807, 2.05) is 12.1 Å². The molecule has 0 saturated carbocycles. The minimum absolute atomic E-state index is 0.134. The molecule has 126 valence electrons. The number of hydrogen-bond acceptors (Lipinski definition) is 2. The van der Waals surface area contributed by atoms with Gasteiger partial charge in [-0.3, -0.25) is 9.59 Å². The molecule has 0 spiro atoms. The lowest BCUT2D eigenvalue weighted by atomic mass is 10.1. The average molecular weight is 381 g/mol. The van der Waals surface area contributed by atoms with Crippen molar-refractivity contribution in [1.82, 2.24) is 9.97 Å². The molecular formula is C20H10Cl2N2O2. The summed E-state index contributed by atoms with van der Waals surface area (Å²) in [5.41, 5.74) is 1.82. The molecule has 0 aliphatic heterocycles. The second-order valence-electron chi connectivity index (χ2n) is 6.15. The molecule has 0 fully saturated rings. The van der Waals surface area contributed by atoms with Crippen LogP contribution in [0.1, 0.15) is 0 Å². The van der Waals surface area contributed by atoms with E-state index in [9.17, 15) is 9.59 Å². The summed E-state index contributed by atoms with van der Waals surface area (Å²) in [4.78, 5) is 32.3. The van der Waals surface area contributed by atoms with Crippen LogP contribution in [0.2, 0.25) is 10.0 Å². The minimum Gasteiger partial charge on any atom is -0.354 e. The van der Waals surface area contributed by atoms with Gasteiger partial charge in [0.2, 0.25) is 0 Å². The largest absolute Gasteiger partial charge is 0.354 e. The van der Waals surface area contributed by atoms with E-state index >= 15 is 0 Å². The van der Waals surface area contributed by atoms with Gasteiger partial charge in [-0.1, -0.05) is 41.4 Å². The fourth-order valence-electron chi connectivity index (χ4n) is 3.47. The molecule has 4 nitrogen and oxygen atoms in total. The highest BCUT2D eigenvalue weighted by Crippen LogP contribution is 2.31. The third-order valence-corrected chi connectivity index (χ3v) is 5.37. The molecule has 0 radical (unpaired) electrons. The Kier molecular flexibility index (Phi) is 3.17. The lowest BCUT2D eigenvalue weighted by Gasteiger charge is -2.09. The first-order chi connectivity index (χ1) is 12.6. The normalized spacial score (nSPS) is 11.8. The van der Waals surface area contributed by atoms with E-state index in [-0.39, 0.29) is 15.9 Å². The zero-order valence-electron chi connectivity index (χ0n) is 13.2. The van der Waals surface area contributed by atoms with Crippen LogP contribution in [0.5, 0.6) is 0 Å². The van der Waals surface area contributed by atoms with Gasteiger partial charge < -0.3 is 9.97 Å². The number of pyridine rings is 2. The number of halogens is 2. The van der Waals surface area contributed by atoms with Gasteiger partial charge in [-0.2, -0.15) is 0 Å². The van der Waals surface area contributed by atoms with E-state index in [2.05, 4.69) is 9.97 Å². The summed E-state index contributed by atoms with van der Waals surface area (Å²) in [6.07, 6.45) is 0. The molecule has 0 aliphatic carbocycles. The molecule has 0 unspecified atom stereocenters. The van der Waals surface area contributed by atoms with Crippen molar-refractivity contribution in [1.29, 1.82) is 0 Å². The number of para-hydroxylation sites is 1. The molecule has 2 aromatic heterocycles. The summed E-state index contributed by atoms with van der Waals surface area (Å²) in [5.74, 6) is 0. The van der Waals surface area contributed by atoms with E-state index in [0.717, 1.165) is 0 Å². The molecule has 3 aromatic carbocycles. The SMILES string of the molecule is O=c1c2ccccc2[nH]c2c(Cl)c3c(=O)c4c(Cl)cccc4[nH]c3cc12. The highest BCUT2D eigenvalue weighted by Gasteiger charge is 2.16. The Bertz CT molecular complexity index is 1500. The van der Waals surface area contributed by atoms with E-state index < -0.39 is 0 Å². The molecule has 0 atom stereocenters. The molecule has 26 heavy (non-hydrogen) atoms. The van der Waals surface area contributed by atoms with Gasteiger partial charge >= 0.3 is 0 Å². The van der Waals surface area contributed by atoms with Crippen molar-refractivity contribution >= 4 is 66.8 Å². The van der Waals surface area contributed by atoms with Crippen LogP contribution in [-0.4, -0.2) is 9.97 Å². The zero-order valence-corrected chi connectivity index (χ0v) is 14.7. The molecule has 6 heteroatoms.